The van der Waals surface area contributed by atoms with E-state index < -0.39 is 0 Å². The third kappa shape index (κ3) is 5.53. The Kier molecular flexibility index (Phi) is 7.17. The van der Waals surface area contributed by atoms with Gasteiger partial charge in [0, 0.05) is 36.3 Å². The molecule has 166 valence electrons. The van der Waals surface area contributed by atoms with Gasteiger partial charge in [0.05, 0.1) is 42.6 Å². The number of nitrogens with one attached hydrogen (secondary N) is 1. The van der Waals surface area contributed by atoms with Gasteiger partial charge in [0.25, 0.3) is 5.91 Å². The van der Waals surface area contributed by atoms with E-state index in [2.05, 4.69) is 20.3 Å². The van der Waals surface area contributed by atoms with E-state index in [0.29, 0.717) is 22.8 Å². The molecule has 1 aliphatic rings. The lowest BCUT2D eigenvalue weighted by Gasteiger charge is -2.25. The van der Waals surface area contributed by atoms with Crippen LogP contribution in [0.25, 0.3) is 11.3 Å². The second kappa shape index (κ2) is 10.2. The van der Waals surface area contributed by atoms with Crippen molar-refractivity contribution >= 4 is 28.8 Å². The summed E-state index contributed by atoms with van der Waals surface area (Å²) in [6.07, 6.45) is 1.85. The lowest BCUT2D eigenvalue weighted by atomic mass is 10.1. The molecule has 0 radical (unpaired) electrons. The average molecular weight is 471 g/mol. The lowest BCUT2D eigenvalue weighted by Crippen LogP contribution is -2.36. The number of morpholine rings is 1. The Hall–Kier alpha value is -2.77. The minimum absolute atomic E-state index is 0.135. The SMILES string of the molecule is C[C@@H](Cn1ccc(-c2ccc(C#N)c(Cl)c2)n1)NC(=O)c1csc(CN2CCOCC2)n1. The van der Waals surface area contributed by atoms with Crippen LogP contribution in [0.5, 0.6) is 0 Å². The minimum atomic E-state index is -0.187. The summed E-state index contributed by atoms with van der Waals surface area (Å²) in [5, 5.41) is 19.7. The second-order valence-corrected chi connectivity index (χ2v) is 8.97. The highest BCUT2D eigenvalue weighted by atomic mass is 35.5. The maximum absolute atomic E-state index is 12.6. The molecular formula is C22H23ClN6O2S. The van der Waals surface area contributed by atoms with Gasteiger partial charge in [0.2, 0.25) is 0 Å². The predicted molar refractivity (Wildman–Crippen MR) is 123 cm³/mol. The van der Waals surface area contributed by atoms with Crippen LogP contribution in [-0.2, 0) is 17.8 Å². The smallest absolute Gasteiger partial charge is 0.271 e. The first-order valence-corrected chi connectivity index (χ1v) is 11.6. The highest BCUT2D eigenvalue weighted by Gasteiger charge is 2.17. The van der Waals surface area contributed by atoms with E-state index in [1.807, 2.05) is 31.3 Å². The summed E-state index contributed by atoms with van der Waals surface area (Å²) in [6.45, 7) is 6.44. The third-order valence-electron chi connectivity index (χ3n) is 5.11. The van der Waals surface area contributed by atoms with Crippen molar-refractivity contribution in [2.75, 3.05) is 26.3 Å². The van der Waals surface area contributed by atoms with Gasteiger partial charge >= 0.3 is 0 Å². The van der Waals surface area contributed by atoms with Gasteiger partial charge in [0.1, 0.15) is 16.8 Å². The molecule has 32 heavy (non-hydrogen) atoms. The molecule has 1 amide bonds. The van der Waals surface area contributed by atoms with E-state index >= 15 is 0 Å². The van der Waals surface area contributed by atoms with Crippen molar-refractivity contribution < 1.29 is 9.53 Å². The zero-order chi connectivity index (χ0) is 22.5. The van der Waals surface area contributed by atoms with Gasteiger partial charge < -0.3 is 10.1 Å². The molecule has 3 heterocycles. The van der Waals surface area contributed by atoms with Gasteiger partial charge in [-0.1, -0.05) is 17.7 Å². The van der Waals surface area contributed by atoms with E-state index in [1.54, 1.807) is 22.2 Å². The van der Waals surface area contributed by atoms with E-state index in [0.717, 1.165) is 49.1 Å². The molecule has 1 fully saturated rings. The van der Waals surface area contributed by atoms with E-state index in [9.17, 15) is 4.79 Å². The van der Waals surface area contributed by atoms with Gasteiger partial charge in [-0.05, 0) is 25.1 Å². The summed E-state index contributed by atoms with van der Waals surface area (Å²) in [5.41, 5.74) is 2.46. The van der Waals surface area contributed by atoms with Crippen LogP contribution < -0.4 is 5.32 Å². The third-order valence-corrected chi connectivity index (χ3v) is 6.26. The Morgan fingerprint density at radius 2 is 2.19 bits per heavy atom. The van der Waals surface area contributed by atoms with Crippen LogP contribution in [-0.4, -0.2) is 57.9 Å². The average Bonchev–Trinajstić information content (AvgIpc) is 3.44. The van der Waals surface area contributed by atoms with E-state index in [-0.39, 0.29) is 11.9 Å². The van der Waals surface area contributed by atoms with Gasteiger partial charge in [-0.25, -0.2) is 4.98 Å². The maximum Gasteiger partial charge on any atom is 0.271 e. The van der Waals surface area contributed by atoms with Crippen molar-refractivity contribution in [1.29, 1.82) is 5.26 Å². The molecule has 1 aliphatic heterocycles. The number of nitrogens with zero attached hydrogens (tertiary/aromatic N) is 5. The normalized spacial score (nSPS) is 15.3. The highest BCUT2D eigenvalue weighted by molar-refractivity contribution is 7.09. The molecule has 0 aliphatic carbocycles. The van der Waals surface area contributed by atoms with Crippen LogP contribution in [0.15, 0.2) is 35.8 Å². The number of aromatic nitrogens is 3. The number of rotatable bonds is 7. The molecule has 0 saturated carbocycles. The van der Waals surface area contributed by atoms with Crippen LogP contribution in [0.4, 0.5) is 0 Å². The van der Waals surface area contributed by atoms with E-state index in [4.69, 9.17) is 21.6 Å². The summed E-state index contributed by atoms with van der Waals surface area (Å²) < 4.78 is 7.14. The Balaban J connectivity index is 1.32. The molecule has 0 bridgehead atoms. The Morgan fingerprint density at radius 1 is 1.38 bits per heavy atom. The summed E-state index contributed by atoms with van der Waals surface area (Å²) >= 11 is 7.63. The first-order chi connectivity index (χ1) is 15.5. The Morgan fingerprint density at radius 3 is 2.94 bits per heavy atom. The first-order valence-electron chi connectivity index (χ1n) is 10.3. The first kappa shape index (κ1) is 22.4. The van der Waals surface area contributed by atoms with Gasteiger partial charge in [-0.15, -0.1) is 11.3 Å². The van der Waals surface area contributed by atoms with Gasteiger partial charge in [0.15, 0.2) is 0 Å². The predicted octanol–water partition coefficient (Wildman–Crippen LogP) is 3.18. The molecule has 10 heteroatoms. The lowest BCUT2D eigenvalue weighted by molar-refractivity contribution is 0.0341. The summed E-state index contributed by atoms with van der Waals surface area (Å²) in [7, 11) is 0. The molecule has 2 aromatic heterocycles. The number of hydrogen-bond acceptors (Lipinski definition) is 7. The maximum atomic E-state index is 12.6. The summed E-state index contributed by atoms with van der Waals surface area (Å²) in [6, 6.07) is 9.02. The second-order valence-electron chi connectivity index (χ2n) is 7.62. The van der Waals surface area contributed by atoms with Crippen molar-refractivity contribution in [3.8, 4) is 17.3 Å². The minimum Gasteiger partial charge on any atom is -0.379 e. The van der Waals surface area contributed by atoms with Crippen molar-refractivity contribution in [1.82, 2.24) is 25.0 Å². The molecule has 0 unspecified atom stereocenters. The molecular weight excluding hydrogens is 448 g/mol. The summed E-state index contributed by atoms with van der Waals surface area (Å²) in [4.78, 5) is 19.4. The number of hydrogen-bond donors (Lipinski definition) is 1. The molecule has 1 atom stereocenters. The fraction of sp³-hybridized carbons (Fsp3) is 0.364. The number of nitriles is 1. The monoisotopic (exact) mass is 470 g/mol. The number of thiazole rings is 1. The number of halogens is 1. The van der Waals surface area contributed by atoms with Crippen LogP contribution in [0, 0.1) is 11.3 Å². The molecule has 1 saturated heterocycles. The van der Waals surface area contributed by atoms with Crippen LogP contribution >= 0.6 is 22.9 Å². The largest absolute Gasteiger partial charge is 0.379 e. The van der Waals surface area contributed by atoms with Gasteiger partial charge in [-0.3, -0.25) is 14.4 Å². The number of ether oxygens (including phenoxy) is 1. The molecule has 8 nitrogen and oxygen atoms in total. The zero-order valence-corrected chi connectivity index (χ0v) is 19.2. The van der Waals surface area contributed by atoms with Crippen LogP contribution in [0.2, 0.25) is 5.02 Å². The fourth-order valence-corrected chi connectivity index (χ4v) is 4.48. The molecule has 1 aromatic carbocycles. The highest BCUT2D eigenvalue weighted by Crippen LogP contribution is 2.24. The number of carbonyl (C=O) groups is 1. The van der Waals surface area contributed by atoms with Crippen LogP contribution in [0.3, 0.4) is 0 Å². The van der Waals surface area contributed by atoms with Crippen molar-refractivity contribution in [3.05, 3.63) is 57.1 Å². The topological polar surface area (TPSA) is 96.1 Å². The van der Waals surface area contributed by atoms with E-state index in [1.165, 1.54) is 11.3 Å². The Bertz CT molecular complexity index is 1130. The summed E-state index contributed by atoms with van der Waals surface area (Å²) in [5.74, 6) is -0.187. The number of benzene rings is 1. The molecule has 1 N–H and O–H groups in total. The zero-order valence-electron chi connectivity index (χ0n) is 17.6. The standard InChI is InChI=1S/C22H23ClN6O2S/c1-15(12-29-5-4-19(27-29)16-2-3-17(11-24)18(23)10-16)25-22(30)20-14-32-21(26-20)13-28-6-8-31-9-7-28/h2-5,10,14-15H,6-9,12-13H2,1H3,(H,25,30)/t15-/m0/s1. The Labute approximate surface area is 195 Å². The molecule has 4 rings (SSSR count). The van der Waals surface area contributed by atoms with Crippen LogP contribution in [0.1, 0.15) is 28.0 Å². The van der Waals surface area contributed by atoms with Crippen molar-refractivity contribution in [3.63, 3.8) is 0 Å². The number of carbonyl (C=O) groups excluding carboxylic acids is 1. The molecule has 3 aromatic rings. The molecule has 0 spiro atoms. The number of amides is 1. The fourth-order valence-electron chi connectivity index (χ4n) is 3.44. The van der Waals surface area contributed by atoms with Crippen molar-refractivity contribution in [2.24, 2.45) is 0 Å². The quantitative estimate of drug-likeness (QED) is 0.569. The van der Waals surface area contributed by atoms with Gasteiger partial charge in [-0.2, -0.15) is 10.4 Å². The van der Waals surface area contributed by atoms with Crippen molar-refractivity contribution in [2.45, 2.75) is 26.1 Å².